The number of hydrogen-bond acceptors (Lipinski definition) is 5. The molecule has 0 unspecified atom stereocenters. The van der Waals surface area contributed by atoms with Crippen LogP contribution in [0.1, 0.15) is 11.1 Å². The van der Waals surface area contributed by atoms with Gasteiger partial charge in [0.25, 0.3) is 5.56 Å². The van der Waals surface area contributed by atoms with Crippen molar-refractivity contribution in [3.8, 4) is 0 Å². The lowest BCUT2D eigenvalue weighted by Crippen LogP contribution is -2.50. The SMILES string of the molecule is Cc1ccc(Cn2c(N3CCN(C(=O)Nc4cccc(Cl)c4)CC3)nc3c2c(=O)n(C)c(=O)n3C)cc1. The Morgan fingerprint density at radius 1 is 1.00 bits per heavy atom. The Bertz CT molecular complexity index is 1600. The van der Waals surface area contributed by atoms with Gasteiger partial charge in [0.2, 0.25) is 5.95 Å². The lowest BCUT2D eigenvalue weighted by molar-refractivity contribution is 0.208. The molecule has 2 amide bonds. The number of halogens is 1. The van der Waals surface area contributed by atoms with Crippen molar-refractivity contribution < 1.29 is 4.79 Å². The first-order valence-corrected chi connectivity index (χ1v) is 12.4. The highest BCUT2D eigenvalue weighted by Crippen LogP contribution is 2.23. The van der Waals surface area contributed by atoms with E-state index in [0.29, 0.717) is 60.5 Å². The minimum absolute atomic E-state index is 0.202. The molecule has 1 saturated heterocycles. The molecule has 11 heteroatoms. The van der Waals surface area contributed by atoms with Crippen molar-refractivity contribution in [2.75, 3.05) is 36.4 Å². The number of piperazine rings is 1. The van der Waals surface area contributed by atoms with E-state index in [1.165, 1.54) is 11.6 Å². The molecule has 0 aliphatic carbocycles. The molecule has 192 valence electrons. The van der Waals surface area contributed by atoms with Gasteiger partial charge in [-0.15, -0.1) is 0 Å². The molecular weight excluding hydrogens is 494 g/mol. The van der Waals surface area contributed by atoms with Gasteiger partial charge in [0.1, 0.15) is 0 Å². The Hall–Kier alpha value is -4.05. The number of nitrogens with one attached hydrogen (secondary N) is 1. The molecule has 1 N–H and O–H groups in total. The summed E-state index contributed by atoms with van der Waals surface area (Å²) < 4.78 is 4.39. The van der Waals surface area contributed by atoms with Gasteiger partial charge in [-0.2, -0.15) is 4.98 Å². The standard InChI is InChI=1S/C26H28ClN7O3/c1-17-7-9-18(10-8-17)16-34-21-22(30(2)26(37)31(3)23(21)35)29-24(34)32-11-13-33(14-12-32)25(36)28-20-6-4-5-19(27)15-20/h4-10,15H,11-14,16H2,1-3H3,(H,28,36). The van der Waals surface area contributed by atoms with Crippen LogP contribution >= 0.6 is 11.6 Å². The molecule has 5 rings (SSSR count). The van der Waals surface area contributed by atoms with Gasteiger partial charge in [-0.05, 0) is 30.7 Å². The molecule has 1 fully saturated rings. The number of rotatable bonds is 4. The third kappa shape index (κ3) is 4.72. The number of urea groups is 1. The number of carbonyl (C=O) groups is 1. The second kappa shape index (κ2) is 9.78. The van der Waals surface area contributed by atoms with Crippen LogP contribution in [0.5, 0.6) is 0 Å². The minimum atomic E-state index is -0.424. The molecule has 4 aromatic rings. The second-order valence-electron chi connectivity index (χ2n) is 9.28. The fraction of sp³-hybridized carbons (Fsp3) is 0.308. The number of aromatic nitrogens is 4. The second-order valence-corrected chi connectivity index (χ2v) is 9.71. The predicted molar refractivity (Wildman–Crippen MR) is 145 cm³/mol. The van der Waals surface area contributed by atoms with E-state index in [1.807, 2.05) is 35.8 Å². The zero-order valence-corrected chi connectivity index (χ0v) is 21.7. The van der Waals surface area contributed by atoms with Gasteiger partial charge in [-0.25, -0.2) is 9.59 Å². The largest absolute Gasteiger partial charge is 0.339 e. The summed E-state index contributed by atoms with van der Waals surface area (Å²) in [5, 5.41) is 3.44. The Kier molecular flexibility index (Phi) is 6.51. The average Bonchev–Trinajstić information content (AvgIpc) is 3.27. The van der Waals surface area contributed by atoms with E-state index in [1.54, 1.807) is 36.2 Å². The van der Waals surface area contributed by atoms with Crippen LogP contribution in [0.2, 0.25) is 5.02 Å². The van der Waals surface area contributed by atoms with Crippen LogP contribution in [0.4, 0.5) is 16.4 Å². The predicted octanol–water partition coefficient (Wildman–Crippen LogP) is 2.80. The van der Waals surface area contributed by atoms with Crippen LogP contribution in [0.25, 0.3) is 11.2 Å². The lowest BCUT2D eigenvalue weighted by Gasteiger charge is -2.35. The van der Waals surface area contributed by atoms with E-state index in [-0.39, 0.29) is 11.6 Å². The molecule has 2 aromatic heterocycles. The highest BCUT2D eigenvalue weighted by atomic mass is 35.5. The quantitative estimate of drug-likeness (QED) is 0.445. The normalized spacial score (nSPS) is 13.8. The molecule has 0 radical (unpaired) electrons. The monoisotopic (exact) mass is 521 g/mol. The maximum Gasteiger partial charge on any atom is 0.332 e. The fourth-order valence-electron chi connectivity index (χ4n) is 4.58. The molecule has 0 bridgehead atoms. The van der Waals surface area contributed by atoms with Crippen molar-refractivity contribution in [1.82, 2.24) is 23.6 Å². The minimum Gasteiger partial charge on any atom is -0.339 e. The third-order valence-corrected chi connectivity index (χ3v) is 6.95. The summed E-state index contributed by atoms with van der Waals surface area (Å²) >= 11 is 6.03. The number of aryl methyl sites for hydroxylation is 2. The first-order valence-electron chi connectivity index (χ1n) is 12.0. The van der Waals surface area contributed by atoms with E-state index in [4.69, 9.17) is 16.6 Å². The van der Waals surface area contributed by atoms with Gasteiger partial charge < -0.3 is 15.1 Å². The molecule has 0 atom stereocenters. The molecule has 0 spiro atoms. The van der Waals surface area contributed by atoms with Crippen molar-refractivity contribution >= 4 is 40.4 Å². The maximum absolute atomic E-state index is 13.2. The number of benzene rings is 2. The molecule has 1 aliphatic rings. The summed E-state index contributed by atoms with van der Waals surface area (Å²) in [5.74, 6) is 0.601. The number of amides is 2. The van der Waals surface area contributed by atoms with E-state index >= 15 is 0 Å². The first-order chi connectivity index (χ1) is 17.7. The zero-order chi connectivity index (χ0) is 26.3. The van der Waals surface area contributed by atoms with Crippen LogP contribution in [0.3, 0.4) is 0 Å². The van der Waals surface area contributed by atoms with E-state index < -0.39 is 5.69 Å². The number of hydrogen-bond donors (Lipinski definition) is 1. The zero-order valence-electron chi connectivity index (χ0n) is 20.9. The fourth-order valence-corrected chi connectivity index (χ4v) is 4.77. The van der Waals surface area contributed by atoms with Crippen molar-refractivity contribution in [3.05, 3.63) is 85.5 Å². The lowest BCUT2D eigenvalue weighted by atomic mass is 10.1. The van der Waals surface area contributed by atoms with E-state index in [2.05, 4.69) is 10.2 Å². The topological polar surface area (TPSA) is 97.4 Å². The maximum atomic E-state index is 13.2. The first kappa shape index (κ1) is 24.6. The average molecular weight is 522 g/mol. The molecule has 3 heterocycles. The number of nitrogens with zero attached hydrogens (tertiary/aromatic N) is 6. The van der Waals surface area contributed by atoms with Crippen LogP contribution in [0, 0.1) is 6.92 Å². The van der Waals surface area contributed by atoms with Gasteiger partial charge in [-0.3, -0.25) is 18.5 Å². The molecule has 2 aromatic carbocycles. The van der Waals surface area contributed by atoms with Gasteiger partial charge >= 0.3 is 11.7 Å². The molecule has 37 heavy (non-hydrogen) atoms. The van der Waals surface area contributed by atoms with Crippen LogP contribution in [-0.2, 0) is 20.6 Å². The number of anilines is 2. The summed E-state index contributed by atoms with van der Waals surface area (Å²) in [6.07, 6.45) is 0. The Labute approximate surface area is 218 Å². The number of imidazole rings is 1. The van der Waals surface area contributed by atoms with Gasteiger partial charge in [0.05, 0.1) is 6.54 Å². The Balaban J connectivity index is 1.45. The molecule has 1 aliphatic heterocycles. The van der Waals surface area contributed by atoms with Crippen molar-refractivity contribution in [2.45, 2.75) is 13.5 Å². The summed E-state index contributed by atoms with van der Waals surface area (Å²) in [7, 11) is 3.10. The number of fused-ring (bicyclic) bond motifs is 1. The van der Waals surface area contributed by atoms with E-state index in [9.17, 15) is 14.4 Å². The van der Waals surface area contributed by atoms with Crippen molar-refractivity contribution in [3.63, 3.8) is 0 Å². The van der Waals surface area contributed by atoms with Gasteiger partial charge in [0.15, 0.2) is 11.2 Å². The third-order valence-electron chi connectivity index (χ3n) is 6.71. The van der Waals surface area contributed by atoms with Crippen LogP contribution in [0.15, 0.2) is 58.1 Å². The summed E-state index contributed by atoms with van der Waals surface area (Å²) in [6, 6.07) is 14.9. The Morgan fingerprint density at radius 2 is 1.70 bits per heavy atom. The summed E-state index contributed by atoms with van der Waals surface area (Å²) in [6.45, 7) is 4.43. The Morgan fingerprint density at radius 3 is 2.38 bits per heavy atom. The molecule has 10 nitrogen and oxygen atoms in total. The van der Waals surface area contributed by atoms with Gasteiger partial charge in [0, 0.05) is 51.0 Å². The van der Waals surface area contributed by atoms with Crippen LogP contribution < -0.4 is 21.5 Å². The van der Waals surface area contributed by atoms with Crippen LogP contribution in [-0.4, -0.2) is 55.8 Å². The van der Waals surface area contributed by atoms with Crippen molar-refractivity contribution in [2.24, 2.45) is 14.1 Å². The molecular formula is C26H28ClN7O3. The highest BCUT2D eigenvalue weighted by molar-refractivity contribution is 6.30. The number of carbonyl (C=O) groups excluding carboxylic acids is 1. The smallest absolute Gasteiger partial charge is 0.332 e. The summed E-state index contributed by atoms with van der Waals surface area (Å²) in [5.41, 5.74) is 2.70. The highest BCUT2D eigenvalue weighted by Gasteiger charge is 2.27. The van der Waals surface area contributed by atoms with E-state index in [0.717, 1.165) is 15.7 Å². The van der Waals surface area contributed by atoms with Crippen molar-refractivity contribution in [1.29, 1.82) is 0 Å². The molecule has 0 saturated carbocycles. The summed E-state index contributed by atoms with van der Waals surface area (Å²) in [4.78, 5) is 47.2. The van der Waals surface area contributed by atoms with Gasteiger partial charge in [-0.1, -0.05) is 47.5 Å².